The highest BCUT2D eigenvalue weighted by molar-refractivity contribution is 7.89. The molecule has 0 saturated carbocycles. The van der Waals surface area contributed by atoms with Crippen LogP contribution in [-0.2, 0) is 10.0 Å². The number of sulfonamides is 1. The molecule has 0 aliphatic heterocycles. The molecule has 0 bridgehead atoms. The molecule has 0 aliphatic rings. The Morgan fingerprint density at radius 3 is 2.83 bits per heavy atom. The fourth-order valence-corrected chi connectivity index (χ4v) is 2.66. The number of anilines is 1. The number of rotatable bonds is 5. The molecular weight excluding hydrogens is 252 g/mol. The van der Waals surface area contributed by atoms with Gasteiger partial charge in [-0.3, -0.25) is 4.40 Å². The van der Waals surface area contributed by atoms with Crippen LogP contribution in [0.1, 0.15) is 13.3 Å². The van der Waals surface area contributed by atoms with Gasteiger partial charge in [-0.05, 0) is 25.6 Å². The maximum Gasteiger partial charge on any atom is 0.260 e. The summed E-state index contributed by atoms with van der Waals surface area (Å²) in [5.41, 5.74) is 0.602. The maximum atomic E-state index is 12.0. The number of imidazole rings is 1. The lowest BCUT2D eigenvalue weighted by atomic mass is 10.5. The molecule has 0 fully saturated rings. The summed E-state index contributed by atoms with van der Waals surface area (Å²) in [5, 5.41) is 3.19. The number of fused-ring (bicyclic) bond motifs is 1. The SMILES string of the molecule is CCCNc1nc2ccccn2c1S(=O)(=O)NC. The molecule has 2 aromatic rings. The third-order valence-corrected chi connectivity index (χ3v) is 3.99. The quantitative estimate of drug-likeness (QED) is 0.850. The first-order chi connectivity index (χ1) is 8.60. The minimum atomic E-state index is -3.55. The van der Waals surface area contributed by atoms with Crippen LogP contribution in [0.2, 0.25) is 0 Å². The van der Waals surface area contributed by atoms with E-state index in [0.29, 0.717) is 18.0 Å². The molecule has 2 aromatic heterocycles. The third kappa shape index (κ3) is 2.19. The van der Waals surface area contributed by atoms with E-state index in [1.54, 1.807) is 22.7 Å². The highest BCUT2D eigenvalue weighted by Crippen LogP contribution is 2.22. The maximum absolute atomic E-state index is 12.0. The molecule has 2 rings (SSSR count). The fourth-order valence-electron chi connectivity index (χ4n) is 1.69. The van der Waals surface area contributed by atoms with Gasteiger partial charge in [-0.25, -0.2) is 18.1 Å². The van der Waals surface area contributed by atoms with Crippen molar-refractivity contribution >= 4 is 21.5 Å². The number of nitrogens with one attached hydrogen (secondary N) is 2. The van der Waals surface area contributed by atoms with Crippen molar-refractivity contribution in [3.8, 4) is 0 Å². The van der Waals surface area contributed by atoms with Gasteiger partial charge in [0.1, 0.15) is 5.65 Å². The highest BCUT2D eigenvalue weighted by Gasteiger charge is 2.23. The molecule has 0 aromatic carbocycles. The van der Waals surface area contributed by atoms with E-state index < -0.39 is 10.0 Å². The van der Waals surface area contributed by atoms with Gasteiger partial charge in [0.05, 0.1) is 0 Å². The Bertz CT molecular complexity index is 648. The average molecular weight is 268 g/mol. The minimum absolute atomic E-state index is 0.147. The van der Waals surface area contributed by atoms with Crippen LogP contribution in [-0.4, -0.2) is 31.4 Å². The summed E-state index contributed by atoms with van der Waals surface area (Å²) in [7, 11) is -2.16. The number of nitrogens with zero attached hydrogens (tertiary/aromatic N) is 2. The Kier molecular flexibility index (Phi) is 3.53. The third-order valence-electron chi connectivity index (χ3n) is 2.55. The summed E-state index contributed by atoms with van der Waals surface area (Å²) in [5.74, 6) is 0.386. The van der Waals surface area contributed by atoms with Gasteiger partial charge in [-0.1, -0.05) is 13.0 Å². The van der Waals surface area contributed by atoms with Crippen molar-refractivity contribution in [1.29, 1.82) is 0 Å². The van der Waals surface area contributed by atoms with Gasteiger partial charge in [-0.15, -0.1) is 0 Å². The highest BCUT2D eigenvalue weighted by atomic mass is 32.2. The van der Waals surface area contributed by atoms with Gasteiger partial charge in [-0.2, -0.15) is 0 Å². The standard InChI is InChI=1S/C11H16N4O2S/c1-3-7-13-10-11(18(16,17)12-2)15-8-5-4-6-9(15)14-10/h4-6,8,12-13H,3,7H2,1-2H3. The van der Waals surface area contributed by atoms with Crippen molar-refractivity contribution in [2.24, 2.45) is 0 Å². The fraction of sp³-hybridized carbons (Fsp3) is 0.364. The van der Waals surface area contributed by atoms with Gasteiger partial charge < -0.3 is 5.32 Å². The Hall–Kier alpha value is -1.60. The lowest BCUT2D eigenvalue weighted by Gasteiger charge is -2.06. The van der Waals surface area contributed by atoms with Gasteiger partial charge in [0.2, 0.25) is 0 Å². The number of pyridine rings is 1. The Morgan fingerprint density at radius 2 is 2.17 bits per heavy atom. The van der Waals surface area contributed by atoms with Gasteiger partial charge in [0.15, 0.2) is 10.8 Å². The predicted octanol–water partition coefficient (Wildman–Crippen LogP) is 1.06. The second kappa shape index (κ2) is 4.95. The monoisotopic (exact) mass is 268 g/mol. The van der Waals surface area contributed by atoms with E-state index in [4.69, 9.17) is 0 Å². The van der Waals surface area contributed by atoms with Crippen LogP contribution in [0.25, 0.3) is 5.65 Å². The Morgan fingerprint density at radius 1 is 1.39 bits per heavy atom. The molecule has 0 unspecified atom stereocenters. The molecule has 2 heterocycles. The molecule has 0 amide bonds. The lowest BCUT2D eigenvalue weighted by molar-refractivity contribution is 0.583. The Balaban J connectivity index is 2.65. The van der Waals surface area contributed by atoms with Crippen LogP contribution in [0.15, 0.2) is 29.4 Å². The molecule has 0 spiro atoms. The summed E-state index contributed by atoms with van der Waals surface area (Å²) >= 11 is 0. The minimum Gasteiger partial charge on any atom is -0.368 e. The summed E-state index contributed by atoms with van der Waals surface area (Å²) in [6, 6.07) is 5.36. The molecule has 7 heteroatoms. The molecular formula is C11H16N4O2S. The first-order valence-electron chi connectivity index (χ1n) is 5.74. The van der Waals surface area contributed by atoms with E-state index >= 15 is 0 Å². The van der Waals surface area contributed by atoms with Crippen LogP contribution in [0.3, 0.4) is 0 Å². The molecule has 98 valence electrons. The van der Waals surface area contributed by atoms with Crippen LogP contribution in [0.5, 0.6) is 0 Å². The van der Waals surface area contributed by atoms with Crippen molar-refractivity contribution in [2.45, 2.75) is 18.4 Å². The van der Waals surface area contributed by atoms with Crippen molar-refractivity contribution in [1.82, 2.24) is 14.1 Å². The predicted molar refractivity (Wildman–Crippen MR) is 70.2 cm³/mol. The van der Waals surface area contributed by atoms with Gasteiger partial charge in [0.25, 0.3) is 10.0 Å². The molecule has 0 radical (unpaired) electrons. The lowest BCUT2D eigenvalue weighted by Crippen LogP contribution is -2.21. The average Bonchev–Trinajstić information content (AvgIpc) is 2.75. The second-order valence-corrected chi connectivity index (χ2v) is 5.63. The molecule has 0 saturated heterocycles. The topological polar surface area (TPSA) is 75.5 Å². The molecule has 18 heavy (non-hydrogen) atoms. The van der Waals surface area contributed by atoms with Crippen molar-refractivity contribution in [2.75, 3.05) is 18.9 Å². The van der Waals surface area contributed by atoms with E-state index in [0.717, 1.165) is 6.42 Å². The van der Waals surface area contributed by atoms with E-state index in [-0.39, 0.29) is 5.03 Å². The number of aromatic nitrogens is 2. The van der Waals surface area contributed by atoms with E-state index in [1.165, 1.54) is 7.05 Å². The number of hydrogen-bond donors (Lipinski definition) is 2. The van der Waals surface area contributed by atoms with Gasteiger partial charge >= 0.3 is 0 Å². The van der Waals surface area contributed by atoms with E-state index in [1.807, 2.05) is 13.0 Å². The van der Waals surface area contributed by atoms with Crippen LogP contribution in [0, 0.1) is 0 Å². The largest absolute Gasteiger partial charge is 0.368 e. The molecule has 2 N–H and O–H groups in total. The van der Waals surface area contributed by atoms with Crippen molar-refractivity contribution in [3.63, 3.8) is 0 Å². The number of hydrogen-bond acceptors (Lipinski definition) is 4. The normalized spacial score (nSPS) is 11.9. The first kappa shape index (κ1) is 12.8. The zero-order valence-corrected chi connectivity index (χ0v) is 11.2. The van der Waals surface area contributed by atoms with E-state index in [9.17, 15) is 8.42 Å². The molecule has 0 atom stereocenters. The molecule has 0 aliphatic carbocycles. The summed E-state index contributed by atoms with van der Waals surface area (Å²) in [6.07, 6.45) is 2.58. The second-order valence-electron chi connectivity index (χ2n) is 3.83. The first-order valence-corrected chi connectivity index (χ1v) is 7.23. The van der Waals surface area contributed by atoms with Crippen LogP contribution >= 0.6 is 0 Å². The smallest absolute Gasteiger partial charge is 0.260 e. The summed E-state index contributed by atoms with van der Waals surface area (Å²) in [4.78, 5) is 4.30. The van der Waals surface area contributed by atoms with Crippen LogP contribution in [0.4, 0.5) is 5.82 Å². The van der Waals surface area contributed by atoms with Crippen molar-refractivity contribution in [3.05, 3.63) is 24.4 Å². The zero-order valence-electron chi connectivity index (χ0n) is 10.3. The summed E-state index contributed by atoms with van der Waals surface area (Å²) in [6.45, 7) is 2.69. The Labute approximate surface area is 106 Å². The zero-order chi connectivity index (χ0) is 13.2. The van der Waals surface area contributed by atoms with Crippen molar-refractivity contribution < 1.29 is 8.42 Å². The molecule has 6 nitrogen and oxygen atoms in total. The summed E-state index contributed by atoms with van der Waals surface area (Å²) < 4.78 is 28.0. The van der Waals surface area contributed by atoms with E-state index in [2.05, 4.69) is 15.0 Å². The van der Waals surface area contributed by atoms with Gasteiger partial charge in [0, 0.05) is 12.7 Å². The van der Waals surface area contributed by atoms with Crippen LogP contribution < -0.4 is 10.0 Å².